The van der Waals surface area contributed by atoms with E-state index >= 15 is 0 Å². The first-order chi connectivity index (χ1) is 15.8. The second-order valence-electron chi connectivity index (χ2n) is 8.92. The normalized spacial score (nSPS) is 28.5. The van der Waals surface area contributed by atoms with Gasteiger partial charge in [0.2, 0.25) is 17.7 Å². The minimum absolute atomic E-state index is 0.112. The van der Waals surface area contributed by atoms with Crippen molar-refractivity contribution in [3.63, 3.8) is 0 Å². The van der Waals surface area contributed by atoms with E-state index in [-0.39, 0.29) is 30.3 Å². The second-order valence-corrected chi connectivity index (χ2v) is 8.92. The number of nitrogens with zero attached hydrogens (tertiary/aromatic N) is 3. The number of piperazine rings is 1. The van der Waals surface area contributed by atoms with Gasteiger partial charge in [-0.15, -0.1) is 0 Å². The third kappa shape index (κ3) is 2.86. The lowest BCUT2D eigenvalue weighted by molar-refractivity contribution is -0.155. The maximum absolute atomic E-state index is 14.0. The summed E-state index contributed by atoms with van der Waals surface area (Å²) in [6.45, 7) is 2.42. The molecule has 3 fully saturated rings. The maximum atomic E-state index is 14.0. The molecule has 8 heteroatoms. The van der Waals surface area contributed by atoms with Gasteiger partial charge in [-0.1, -0.05) is 30.3 Å². The van der Waals surface area contributed by atoms with Crippen molar-refractivity contribution in [3.8, 4) is 0 Å². The van der Waals surface area contributed by atoms with Gasteiger partial charge in [0.1, 0.15) is 11.4 Å². The van der Waals surface area contributed by atoms with Gasteiger partial charge in [-0.05, 0) is 36.8 Å². The van der Waals surface area contributed by atoms with E-state index in [1.54, 1.807) is 4.90 Å². The van der Waals surface area contributed by atoms with Gasteiger partial charge in [-0.25, -0.2) is 4.39 Å². The molecule has 0 aromatic heterocycles. The van der Waals surface area contributed by atoms with Gasteiger partial charge in [-0.2, -0.15) is 0 Å². The first kappa shape index (κ1) is 21.3. The van der Waals surface area contributed by atoms with Gasteiger partial charge in [0.25, 0.3) is 5.91 Å². The largest absolute Gasteiger partial charge is 0.339 e. The molecule has 7 nitrogen and oxygen atoms in total. The van der Waals surface area contributed by atoms with Gasteiger partial charge in [0.15, 0.2) is 0 Å². The summed E-state index contributed by atoms with van der Waals surface area (Å²) in [5.74, 6) is -3.85. The fraction of sp³-hybridized carbons (Fsp3) is 0.360. The van der Waals surface area contributed by atoms with E-state index in [0.717, 1.165) is 10.5 Å². The van der Waals surface area contributed by atoms with Crippen molar-refractivity contribution >= 4 is 23.6 Å². The van der Waals surface area contributed by atoms with Gasteiger partial charge in [0, 0.05) is 32.1 Å². The molecule has 3 unspecified atom stereocenters. The number of carbonyl (C=O) groups excluding carboxylic acids is 4. The number of carbonyl (C=O) groups is 4. The van der Waals surface area contributed by atoms with Crippen LogP contribution in [0.5, 0.6) is 0 Å². The van der Waals surface area contributed by atoms with Gasteiger partial charge in [-0.3, -0.25) is 24.1 Å². The molecule has 0 saturated carbocycles. The summed E-state index contributed by atoms with van der Waals surface area (Å²) in [6, 6.07) is 13.7. The van der Waals surface area contributed by atoms with Crippen molar-refractivity contribution in [1.29, 1.82) is 0 Å². The summed E-state index contributed by atoms with van der Waals surface area (Å²) in [6.07, 6.45) is 0.112. The zero-order chi connectivity index (χ0) is 23.5. The van der Waals surface area contributed by atoms with Crippen molar-refractivity contribution in [2.24, 2.45) is 11.8 Å². The number of hydrogen-bond acceptors (Lipinski definition) is 4. The molecule has 3 aliphatic rings. The topological polar surface area (TPSA) is 78.0 Å². The number of amides is 4. The summed E-state index contributed by atoms with van der Waals surface area (Å²) in [4.78, 5) is 58.6. The summed E-state index contributed by atoms with van der Waals surface area (Å²) in [7, 11) is 1.43. The van der Waals surface area contributed by atoms with E-state index in [2.05, 4.69) is 0 Å². The summed E-state index contributed by atoms with van der Waals surface area (Å²) >= 11 is 0. The van der Waals surface area contributed by atoms with Crippen molar-refractivity contribution < 1.29 is 23.6 Å². The van der Waals surface area contributed by atoms with E-state index < -0.39 is 41.0 Å². The van der Waals surface area contributed by atoms with E-state index in [0.29, 0.717) is 6.54 Å². The Morgan fingerprint density at radius 3 is 2.33 bits per heavy atom. The number of likely N-dealkylation sites (N-methyl/N-ethyl adjacent to an activating group) is 1. The summed E-state index contributed by atoms with van der Waals surface area (Å²) in [5.41, 5.74) is -0.534. The summed E-state index contributed by atoms with van der Waals surface area (Å²) < 4.78 is 13.5. The van der Waals surface area contributed by atoms with Crippen molar-refractivity contribution in [1.82, 2.24) is 14.7 Å². The Labute approximate surface area is 190 Å². The van der Waals surface area contributed by atoms with Crippen LogP contribution in [0.2, 0.25) is 0 Å². The molecule has 170 valence electrons. The van der Waals surface area contributed by atoms with E-state index in [9.17, 15) is 23.6 Å². The van der Waals surface area contributed by atoms with Crippen molar-refractivity contribution in [2.45, 2.75) is 24.9 Å². The Balaban J connectivity index is 1.72. The Bertz CT molecular complexity index is 1150. The van der Waals surface area contributed by atoms with Crippen LogP contribution in [0.1, 0.15) is 22.8 Å². The standard InChI is InChI=1S/C25H24FN3O4/c1-3-28-14-18-19-20(23(32)27(2)22(19)31)25(24(28)33,13-15-7-5-4-6-8-15)29(18)21(30)16-9-11-17(26)12-10-16/h4-12,18-20H,3,13-14H2,1-2H3/t18?,19?,20?,25-/m1/s1. The van der Waals surface area contributed by atoms with Crippen LogP contribution in [0.15, 0.2) is 54.6 Å². The molecule has 0 N–H and O–H groups in total. The van der Waals surface area contributed by atoms with E-state index in [4.69, 9.17) is 0 Å². The molecule has 5 rings (SSSR count). The summed E-state index contributed by atoms with van der Waals surface area (Å²) in [5, 5.41) is 0. The fourth-order valence-electron chi connectivity index (χ4n) is 5.86. The molecule has 2 bridgehead atoms. The fourth-order valence-corrected chi connectivity index (χ4v) is 5.86. The third-order valence-corrected chi connectivity index (χ3v) is 7.34. The van der Waals surface area contributed by atoms with E-state index in [1.165, 1.54) is 36.2 Å². The zero-order valence-electron chi connectivity index (χ0n) is 18.4. The Morgan fingerprint density at radius 1 is 1.03 bits per heavy atom. The Hall–Kier alpha value is -3.55. The van der Waals surface area contributed by atoms with Gasteiger partial charge >= 0.3 is 0 Å². The molecule has 2 aromatic carbocycles. The number of imide groups is 1. The number of likely N-dealkylation sites (tertiary alicyclic amines) is 2. The Kier molecular flexibility index (Phi) is 4.84. The van der Waals surface area contributed by atoms with E-state index in [1.807, 2.05) is 37.3 Å². The average Bonchev–Trinajstić information content (AvgIpc) is 3.19. The highest BCUT2D eigenvalue weighted by molar-refractivity contribution is 6.13. The number of rotatable bonds is 4. The van der Waals surface area contributed by atoms with Crippen LogP contribution in [0.25, 0.3) is 0 Å². The molecule has 4 atom stereocenters. The highest BCUT2D eigenvalue weighted by Gasteiger charge is 2.74. The third-order valence-electron chi connectivity index (χ3n) is 7.34. The van der Waals surface area contributed by atoms with Crippen LogP contribution in [-0.2, 0) is 20.8 Å². The first-order valence-electron chi connectivity index (χ1n) is 11.0. The predicted octanol–water partition coefficient (Wildman–Crippen LogP) is 1.72. The highest BCUT2D eigenvalue weighted by Crippen LogP contribution is 2.53. The van der Waals surface area contributed by atoms with Crippen LogP contribution >= 0.6 is 0 Å². The monoisotopic (exact) mass is 449 g/mol. The molecule has 4 amide bonds. The highest BCUT2D eigenvalue weighted by atomic mass is 19.1. The molecule has 0 radical (unpaired) electrons. The molecule has 0 spiro atoms. The minimum atomic E-state index is -1.53. The second kappa shape index (κ2) is 7.50. The van der Waals surface area contributed by atoms with Crippen LogP contribution in [0, 0.1) is 17.7 Å². The number of halogens is 1. The van der Waals surface area contributed by atoms with Crippen LogP contribution in [0.4, 0.5) is 4.39 Å². The predicted molar refractivity (Wildman–Crippen MR) is 116 cm³/mol. The molecule has 0 aliphatic carbocycles. The first-order valence-corrected chi connectivity index (χ1v) is 11.0. The molecule has 33 heavy (non-hydrogen) atoms. The van der Waals surface area contributed by atoms with Crippen LogP contribution in [0.3, 0.4) is 0 Å². The van der Waals surface area contributed by atoms with Gasteiger partial charge < -0.3 is 9.80 Å². The van der Waals surface area contributed by atoms with Crippen LogP contribution in [-0.4, -0.2) is 70.0 Å². The SMILES string of the molecule is CCN1CC2C3C(=O)N(C)C(=O)C3[C@](Cc3ccccc3)(C1=O)N2C(=O)c1ccc(F)cc1. The lowest BCUT2D eigenvalue weighted by Gasteiger charge is -2.49. The Morgan fingerprint density at radius 2 is 1.70 bits per heavy atom. The number of benzene rings is 2. The lowest BCUT2D eigenvalue weighted by atomic mass is 9.75. The number of fused-ring (bicyclic) bond motifs is 5. The molecule has 2 aromatic rings. The quantitative estimate of drug-likeness (QED) is 0.666. The molecule has 3 aliphatic heterocycles. The lowest BCUT2D eigenvalue weighted by Crippen LogP contribution is -2.70. The van der Waals surface area contributed by atoms with Crippen LogP contribution < -0.4 is 0 Å². The average molecular weight is 449 g/mol. The molecule has 3 heterocycles. The molecule has 3 saturated heterocycles. The maximum Gasteiger partial charge on any atom is 0.255 e. The molecular formula is C25H24FN3O4. The smallest absolute Gasteiger partial charge is 0.255 e. The van der Waals surface area contributed by atoms with Crippen molar-refractivity contribution in [2.75, 3.05) is 20.1 Å². The molecular weight excluding hydrogens is 425 g/mol. The van der Waals surface area contributed by atoms with Gasteiger partial charge in [0.05, 0.1) is 17.9 Å². The van der Waals surface area contributed by atoms with Crippen molar-refractivity contribution in [3.05, 3.63) is 71.5 Å². The number of hydrogen-bond donors (Lipinski definition) is 0. The zero-order valence-corrected chi connectivity index (χ0v) is 18.4. The minimum Gasteiger partial charge on any atom is -0.339 e.